The van der Waals surface area contributed by atoms with Gasteiger partial charge in [0.15, 0.2) is 0 Å². The molecular weight excluding hydrogens is 374 g/mol. The second-order valence-electron chi connectivity index (χ2n) is 5.49. The zero-order chi connectivity index (χ0) is 19.8. The molecule has 142 valence electrons. The number of rotatable bonds is 8. The van der Waals surface area contributed by atoms with Crippen LogP contribution in [0.25, 0.3) is 0 Å². The van der Waals surface area contributed by atoms with Crippen molar-refractivity contribution in [3.63, 3.8) is 0 Å². The minimum Gasteiger partial charge on any atom is -0.426 e. The minimum atomic E-state index is -0.864. The molecule has 0 spiro atoms. The van der Waals surface area contributed by atoms with Crippen LogP contribution in [0.5, 0.6) is 11.5 Å². The van der Waals surface area contributed by atoms with Crippen LogP contribution >= 0.6 is 12.6 Å². The van der Waals surface area contributed by atoms with E-state index in [1.54, 1.807) is 36.4 Å². The highest BCUT2D eigenvalue weighted by Crippen LogP contribution is 2.26. The second-order valence-corrected chi connectivity index (χ2v) is 5.80. The van der Waals surface area contributed by atoms with Gasteiger partial charge in [0.2, 0.25) is 0 Å². The predicted molar refractivity (Wildman–Crippen MR) is 98.0 cm³/mol. The molecule has 0 radical (unpaired) electrons. The summed E-state index contributed by atoms with van der Waals surface area (Å²) in [4.78, 5) is 37.6. The molecule has 2 aromatic rings. The van der Waals surface area contributed by atoms with Crippen molar-refractivity contribution < 1.29 is 29.0 Å². The van der Waals surface area contributed by atoms with Gasteiger partial charge in [-0.2, -0.15) is 12.6 Å². The van der Waals surface area contributed by atoms with Crippen LogP contribution in [0.15, 0.2) is 42.5 Å². The molecule has 2 rings (SSSR count). The molecule has 0 bridgehead atoms. The highest BCUT2D eigenvalue weighted by Gasteiger charge is 2.11. The third-order valence-electron chi connectivity index (χ3n) is 3.40. The largest absolute Gasteiger partial charge is 0.426 e. The van der Waals surface area contributed by atoms with E-state index >= 15 is 0 Å². The van der Waals surface area contributed by atoms with Gasteiger partial charge in [0.1, 0.15) is 18.1 Å². The summed E-state index contributed by atoms with van der Waals surface area (Å²) in [7, 11) is 0. The van der Waals surface area contributed by atoms with E-state index in [1.807, 2.05) is 0 Å². The maximum Gasteiger partial charge on any atom is 0.315 e. The Bertz CT molecular complexity index is 836. The average Bonchev–Trinajstić information content (AvgIpc) is 2.62. The van der Waals surface area contributed by atoms with Gasteiger partial charge >= 0.3 is 11.9 Å². The molecule has 27 heavy (non-hydrogen) atoms. The summed E-state index contributed by atoms with van der Waals surface area (Å²) in [6.07, 6.45) is 0.0261. The van der Waals surface area contributed by atoms with Crippen LogP contribution in [0.1, 0.15) is 23.6 Å². The van der Waals surface area contributed by atoms with Gasteiger partial charge in [0, 0.05) is 18.2 Å². The van der Waals surface area contributed by atoms with Gasteiger partial charge in [-0.25, -0.2) is 0 Å². The van der Waals surface area contributed by atoms with Crippen molar-refractivity contribution in [3.05, 3.63) is 69.3 Å². The van der Waals surface area contributed by atoms with Crippen LogP contribution in [0.2, 0.25) is 0 Å². The van der Waals surface area contributed by atoms with Crippen molar-refractivity contribution in [3.8, 4) is 11.5 Å². The molecule has 2 aromatic carbocycles. The fourth-order valence-corrected chi connectivity index (χ4v) is 2.46. The van der Waals surface area contributed by atoms with Gasteiger partial charge in [-0.15, -0.1) is 10.1 Å². The van der Waals surface area contributed by atoms with Crippen molar-refractivity contribution in [2.75, 3.05) is 0 Å². The SMILES string of the molecule is CC(=O)Oc1ccc(OC(=O)Cc2ccc(CO[N+](=O)[O-])cc2)cc1CS. The molecule has 0 fully saturated rings. The number of hydrogen-bond acceptors (Lipinski definition) is 8. The monoisotopic (exact) mass is 391 g/mol. The molecular formula is C18H17NO7S. The number of esters is 2. The Morgan fingerprint density at radius 1 is 1.07 bits per heavy atom. The Kier molecular flexibility index (Phi) is 7.18. The molecule has 0 N–H and O–H groups in total. The van der Waals surface area contributed by atoms with E-state index in [2.05, 4.69) is 17.5 Å². The summed E-state index contributed by atoms with van der Waals surface area (Å²) in [6, 6.07) is 11.3. The Hall–Kier alpha value is -3.07. The number of ether oxygens (including phenoxy) is 2. The highest BCUT2D eigenvalue weighted by molar-refractivity contribution is 7.79. The van der Waals surface area contributed by atoms with Gasteiger partial charge in [-0.3, -0.25) is 9.59 Å². The van der Waals surface area contributed by atoms with Crippen molar-refractivity contribution in [1.29, 1.82) is 0 Å². The zero-order valence-electron chi connectivity index (χ0n) is 14.4. The molecule has 0 saturated heterocycles. The third-order valence-corrected chi connectivity index (χ3v) is 3.74. The summed E-state index contributed by atoms with van der Waals surface area (Å²) in [5.74, 6) is 0.0621. The fourth-order valence-electron chi connectivity index (χ4n) is 2.21. The summed E-state index contributed by atoms with van der Waals surface area (Å²) in [5.41, 5.74) is 1.92. The molecule has 0 atom stereocenters. The highest BCUT2D eigenvalue weighted by atomic mass is 32.1. The van der Waals surface area contributed by atoms with Crippen LogP contribution < -0.4 is 9.47 Å². The molecule has 0 unspecified atom stereocenters. The van der Waals surface area contributed by atoms with E-state index in [0.717, 1.165) is 0 Å². The lowest BCUT2D eigenvalue weighted by atomic mass is 10.1. The minimum absolute atomic E-state index is 0.0261. The maximum atomic E-state index is 12.1. The summed E-state index contributed by atoms with van der Waals surface area (Å²) in [6.45, 7) is 1.14. The zero-order valence-corrected chi connectivity index (χ0v) is 15.3. The molecule has 8 nitrogen and oxygen atoms in total. The van der Waals surface area contributed by atoms with Gasteiger partial charge in [-0.1, -0.05) is 24.3 Å². The van der Waals surface area contributed by atoms with Gasteiger partial charge < -0.3 is 14.3 Å². The van der Waals surface area contributed by atoms with E-state index in [9.17, 15) is 19.7 Å². The topological polar surface area (TPSA) is 105 Å². The Balaban J connectivity index is 1.97. The maximum absolute atomic E-state index is 12.1. The number of thiol groups is 1. The molecule has 0 aliphatic rings. The Morgan fingerprint density at radius 3 is 2.33 bits per heavy atom. The molecule has 9 heteroatoms. The quantitative estimate of drug-likeness (QED) is 0.242. The van der Waals surface area contributed by atoms with Crippen molar-refractivity contribution in [1.82, 2.24) is 0 Å². The van der Waals surface area contributed by atoms with Crippen LogP contribution in [-0.2, 0) is 33.2 Å². The van der Waals surface area contributed by atoms with Crippen molar-refractivity contribution in [2.45, 2.75) is 25.7 Å². The molecule has 0 saturated carbocycles. The van der Waals surface area contributed by atoms with E-state index in [0.29, 0.717) is 33.9 Å². The van der Waals surface area contributed by atoms with E-state index in [4.69, 9.17) is 9.47 Å². The standard InChI is InChI=1S/C18H17NO7S/c1-12(20)25-17-7-6-16(9-15(17)11-27)26-18(21)8-13-2-4-14(5-3-13)10-24-19(22)23/h2-7,9,27H,8,10-11H2,1H3. The molecule has 0 heterocycles. The fraction of sp³-hybridized carbons (Fsp3) is 0.222. The number of carbonyl (C=O) groups is 2. The molecule has 0 aromatic heterocycles. The predicted octanol–water partition coefficient (Wildman–Crippen LogP) is 2.90. The number of hydrogen-bond donors (Lipinski definition) is 1. The summed E-state index contributed by atoms with van der Waals surface area (Å²) < 4.78 is 10.4. The van der Waals surface area contributed by atoms with Crippen molar-refractivity contribution >= 4 is 24.6 Å². The molecule has 0 amide bonds. The van der Waals surface area contributed by atoms with E-state index < -0.39 is 17.0 Å². The summed E-state index contributed by atoms with van der Waals surface area (Å²) in [5, 5.41) is 9.31. The lowest BCUT2D eigenvalue weighted by Gasteiger charge is -2.10. The van der Waals surface area contributed by atoms with E-state index in [1.165, 1.54) is 13.0 Å². The first-order valence-corrected chi connectivity index (χ1v) is 8.48. The lowest BCUT2D eigenvalue weighted by molar-refractivity contribution is -0.763. The third kappa shape index (κ3) is 6.63. The first-order chi connectivity index (χ1) is 12.9. The second kappa shape index (κ2) is 9.58. The van der Waals surface area contributed by atoms with Gasteiger partial charge in [0.05, 0.1) is 6.42 Å². The van der Waals surface area contributed by atoms with Crippen LogP contribution in [0.4, 0.5) is 0 Å². The molecule has 0 aliphatic heterocycles. The lowest BCUT2D eigenvalue weighted by Crippen LogP contribution is -2.12. The molecule has 0 aliphatic carbocycles. The average molecular weight is 391 g/mol. The van der Waals surface area contributed by atoms with Crippen LogP contribution in [0, 0.1) is 10.1 Å². The van der Waals surface area contributed by atoms with E-state index in [-0.39, 0.29) is 13.0 Å². The Morgan fingerprint density at radius 2 is 1.74 bits per heavy atom. The number of carbonyl (C=O) groups excluding carboxylic acids is 2. The van der Waals surface area contributed by atoms with Gasteiger partial charge in [0.25, 0.3) is 5.09 Å². The first-order valence-electron chi connectivity index (χ1n) is 7.85. The van der Waals surface area contributed by atoms with Gasteiger partial charge in [-0.05, 0) is 29.3 Å². The van der Waals surface area contributed by atoms with Crippen LogP contribution in [0.3, 0.4) is 0 Å². The Labute approximate surface area is 160 Å². The van der Waals surface area contributed by atoms with Crippen LogP contribution in [-0.4, -0.2) is 17.0 Å². The number of benzene rings is 2. The number of nitrogens with zero attached hydrogens (tertiary/aromatic N) is 1. The first kappa shape index (κ1) is 20.2. The normalized spacial score (nSPS) is 10.1. The van der Waals surface area contributed by atoms with Crippen molar-refractivity contribution in [2.24, 2.45) is 0 Å². The summed E-state index contributed by atoms with van der Waals surface area (Å²) >= 11 is 4.18. The smallest absolute Gasteiger partial charge is 0.315 e.